The zero-order valence-electron chi connectivity index (χ0n) is 24.3. The summed E-state index contributed by atoms with van der Waals surface area (Å²) in [7, 11) is 1.52. The van der Waals surface area contributed by atoms with Gasteiger partial charge in [-0.15, -0.1) is 0 Å². The number of ether oxygens (including phenoxy) is 2. The summed E-state index contributed by atoms with van der Waals surface area (Å²) in [5.41, 5.74) is 1.92. The molecule has 7 rings (SSSR count). The van der Waals surface area contributed by atoms with Crippen LogP contribution in [0.3, 0.4) is 0 Å². The molecule has 0 aromatic heterocycles. The van der Waals surface area contributed by atoms with E-state index < -0.39 is 24.2 Å². The SMILES string of the molecule is COc1cc(CO)cc2c1O[C@@H]1[C@@H](O)[C@H](N(C[C@@H]3CC[C@H]4C[C@@H]3C4(C)C)C(=O)C3CCC3)C=C(C(=O)NCCO)[C@H]21. The van der Waals surface area contributed by atoms with Crippen molar-refractivity contribution in [3.63, 3.8) is 0 Å². The van der Waals surface area contributed by atoms with Crippen molar-refractivity contribution in [3.05, 3.63) is 34.9 Å². The zero-order valence-corrected chi connectivity index (χ0v) is 24.3. The van der Waals surface area contributed by atoms with Gasteiger partial charge in [-0.05, 0) is 79.0 Å². The molecule has 1 aromatic rings. The fourth-order valence-corrected chi connectivity index (χ4v) is 8.30. The van der Waals surface area contributed by atoms with Crippen LogP contribution in [0.1, 0.15) is 69.4 Å². The Morgan fingerprint density at radius 3 is 2.56 bits per heavy atom. The van der Waals surface area contributed by atoms with Crippen molar-refractivity contribution < 1.29 is 34.4 Å². The van der Waals surface area contributed by atoms with Crippen molar-refractivity contribution in [2.24, 2.45) is 29.1 Å². The minimum absolute atomic E-state index is 0.0556. The van der Waals surface area contributed by atoms with Crippen LogP contribution in [0.15, 0.2) is 23.8 Å². The summed E-state index contributed by atoms with van der Waals surface area (Å²) in [5, 5.41) is 34.0. The topological polar surface area (TPSA) is 129 Å². The lowest BCUT2D eigenvalue weighted by Crippen LogP contribution is -2.60. The Morgan fingerprint density at radius 1 is 1.17 bits per heavy atom. The van der Waals surface area contributed by atoms with E-state index in [4.69, 9.17) is 9.47 Å². The van der Waals surface area contributed by atoms with Gasteiger partial charge in [-0.3, -0.25) is 9.59 Å². The Morgan fingerprint density at radius 2 is 1.95 bits per heavy atom. The Kier molecular flexibility index (Phi) is 7.57. The number of amides is 2. The number of carbonyl (C=O) groups is 2. The van der Waals surface area contributed by atoms with Gasteiger partial charge in [0.1, 0.15) is 12.2 Å². The van der Waals surface area contributed by atoms with Crippen LogP contribution >= 0.6 is 0 Å². The summed E-state index contributed by atoms with van der Waals surface area (Å²) in [6.45, 7) is 4.90. The molecule has 9 heteroatoms. The van der Waals surface area contributed by atoms with Gasteiger partial charge in [-0.2, -0.15) is 0 Å². The van der Waals surface area contributed by atoms with E-state index in [2.05, 4.69) is 19.2 Å². The molecule has 6 aliphatic rings. The highest BCUT2D eigenvalue weighted by Gasteiger charge is 2.56. The van der Waals surface area contributed by atoms with Crippen LogP contribution in [0.2, 0.25) is 0 Å². The van der Waals surface area contributed by atoms with Gasteiger partial charge in [0.2, 0.25) is 11.8 Å². The zero-order chi connectivity index (χ0) is 29.1. The molecule has 1 heterocycles. The second-order valence-corrected chi connectivity index (χ2v) is 13.3. The lowest BCUT2D eigenvalue weighted by atomic mass is 9.45. The van der Waals surface area contributed by atoms with Crippen molar-refractivity contribution >= 4 is 11.8 Å². The highest BCUT2D eigenvalue weighted by atomic mass is 16.5. The average molecular weight is 569 g/mol. The summed E-state index contributed by atoms with van der Waals surface area (Å²) < 4.78 is 11.9. The number of rotatable bonds is 9. The molecule has 0 spiro atoms. The number of hydrogen-bond donors (Lipinski definition) is 4. The number of methoxy groups -OCH3 is 1. The van der Waals surface area contributed by atoms with Gasteiger partial charge >= 0.3 is 0 Å². The molecule has 2 amide bonds. The van der Waals surface area contributed by atoms with Crippen molar-refractivity contribution in [2.75, 3.05) is 26.8 Å². The van der Waals surface area contributed by atoms with Gasteiger partial charge in [0, 0.05) is 30.1 Å². The second kappa shape index (κ2) is 10.9. The summed E-state index contributed by atoms with van der Waals surface area (Å²) in [6, 6.07) is 2.76. The van der Waals surface area contributed by atoms with Gasteiger partial charge in [0.05, 0.1) is 32.3 Å². The number of nitrogens with zero attached hydrogens (tertiary/aromatic N) is 1. The fourth-order valence-electron chi connectivity index (χ4n) is 8.30. The monoisotopic (exact) mass is 568 g/mol. The number of hydrogen-bond acceptors (Lipinski definition) is 7. The summed E-state index contributed by atoms with van der Waals surface area (Å²) in [5.74, 6) is 1.50. The first-order valence-electron chi connectivity index (χ1n) is 15.3. The van der Waals surface area contributed by atoms with E-state index in [1.54, 1.807) is 18.2 Å². The first kappa shape index (κ1) is 28.5. The normalized spacial score (nSPS) is 32.8. The molecule has 4 saturated carbocycles. The maximum Gasteiger partial charge on any atom is 0.247 e. The number of fused-ring (bicyclic) bond motifs is 5. The molecule has 9 nitrogen and oxygen atoms in total. The highest BCUT2D eigenvalue weighted by molar-refractivity contribution is 5.96. The number of aliphatic hydroxyl groups is 3. The number of carbonyl (C=O) groups excluding carboxylic acids is 2. The Balaban J connectivity index is 1.39. The van der Waals surface area contributed by atoms with Crippen LogP contribution in [0.4, 0.5) is 0 Å². The molecule has 1 aliphatic heterocycles. The van der Waals surface area contributed by atoms with Crippen molar-refractivity contribution in [3.8, 4) is 11.5 Å². The van der Waals surface area contributed by atoms with Gasteiger partial charge in [0.15, 0.2) is 11.5 Å². The third-order valence-electron chi connectivity index (χ3n) is 11.0. The third-order valence-corrected chi connectivity index (χ3v) is 11.0. The van der Waals surface area contributed by atoms with Crippen molar-refractivity contribution in [2.45, 2.75) is 83.1 Å². The molecule has 0 unspecified atom stereocenters. The summed E-state index contributed by atoms with van der Waals surface area (Å²) in [4.78, 5) is 29.5. The molecule has 5 aliphatic carbocycles. The van der Waals surface area contributed by atoms with Crippen LogP contribution in [-0.4, -0.2) is 77.1 Å². The molecule has 0 radical (unpaired) electrons. The lowest BCUT2D eigenvalue weighted by Gasteiger charge is -2.61. The molecule has 224 valence electrons. The minimum Gasteiger partial charge on any atom is -0.493 e. The van der Waals surface area contributed by atoms with Crippen LogP contribution in [0.5, 0.6) is 11.5 Å². The van der Waals surface area contributed by atoms with E-state index in [0.717, 1.165) is 38.0 Å². The standard InChI is InChI=1S/C32H44N2O7/c1-32(2)20-8-7-19(23(32)13-20)15-34(31(39)18-5-4-6-18)24-14-22(30(38)33-9-10-35)26-21-11-17(16-36)12-25(40-3)28(21)41-29(26)27(24)37/h11-12,14,18-20,23-24,26-27,29,35-37H,4-10,13,15-16H2,1-3H3,(H,33,38)/t19-,20-,23-,24+,26-,27-,29-/m0/s1. The predicted molar refractivity (Wildman–Crippen MR) is 151 cm³/mol. The number of aliphatic hydroxyl groups excluding tert-OH is 3. The van der Waals surface area contributed by atoms with Crippen LogP contribution in [0, 0.1) is 29.1 Å². The highest BCUT2D eigenvalue weighted by Crippen LogP contribution is 2.61. The molecular formula is C32H44N2O7. The molecule has 2 bridgehead atoms. The van der Waals surface area contributed by atoms with Crippen molar-refractivity contribution in [1.82, 2.24) is 10.2 Å². The number of benzene rings is 1. The van der Waals surface area contributed by atoms with Crippen LogP contribution < -0.4 is 14.8 Å². The number of nitrogens with one attached hydrogen (secondary N) is 1. The molecule has 1 aromatic carbocycles. The van der Waals surface area contributed by atoms with Crippen molar-refractivity contribution in [1.29, 1.82) is 0 Å². The van der Waals surface area contributed by atoms with E-state index in [0.29, 0.717) is 46.6 Å². The van der Waals surface area contributed by atoms with E-state index in [1.807, 2.05) is 4.90 Å². The lowest BCUT2D eigenvalue weighted by molar-refractivity contribution is -0.152. The molecular weight excluding hydrogens is 524 g/mol. The molecule has 4 fully saturated rings. The molecule has 7 atom stereocenters. The van der Waals surface area contributed by atoms with E-state index in [1.165, 1.54) is 13.5 Å². The maximum atomic E-state index is 14.0. The Labute approximate surface area is 241 Å². The predicted octanol–water partition coefficient (Wildman–Crippen LogP) is 2.51. The van der Waals surface area contributed by atoms with Gasteiger partial charge < -0.3 is 35.0 Å². The quantitative estimate of drug-likeness (QED) is 0.360. The fraction of sp³-hybridized carbons (Fsp3) is 0.688. The first-order chi connectivity index (χ1) is 19.7. The molecule has 4 N–H and O–H groups in total. The summed E-state index contributed by atoms with van der Waals surface area (Å²) in [6.07, 6.45) is 6.03. The molecule has 41 heavy (non-hydrogen) atoms. The average Bonchev–Trinajstić information content (AvgIpc) is 3.33. The van der Waals surface area contributed by atoms with Gasteiger partial charge in [-0.25, -0.2) is 0 Å². The second-order valence-electron chi connectivity index (χ2n) is 13.3. The molecule has 0 saturated heterocycles. The van der Waals surface area contributed by atoms with E-state index >= 15 is 0 Å². The maximum absolute atomic E-state index is 14.0. The largest absolute Gasteiger partial charge is 0.493 e. The van der Waals surface area contributed by atoms with E-state index in [9.17, 15) is 24.9 Å². The van der Waals surface area contributed by atoms with Crippen LogP contribution in [0.25, 0.3) is 0 Å². The Bertz CT molecular complexity index is 1220. The third kappa shape index (κ3) is 4.64. The first-order valence-corrected chi connectivity index (χ1v) is 15.3. The van der Waals surface area contributed by atoms with Gasteiger partial charge in [0.25, 0.3) is 0 Å². The smallest absolute Gasteiger partial charge is 0.247 e. The minimum atomic E-state index is -1.07. The summed E-state index contributed by atoms with van der Waals surface area (Å²) >= 11 is 0. The Hall–Kier alpha value is -2.62. The van der Waals surface area contributed by atoms with Crippen LogP contribution in [-0.2, 0) is 16.2 Å². The van der Waals surface area contributed by atoms with E-state index in [-0.39, 0.29) is 42.9 Å². The van der Waals surface area contributed by atoms with Gasteiger partial charge in [-0.1, -0.05) is 20.3 Å².